The second-order valence-electron chi connectivity index (χ2n) is 4.62. The van der Waals surface area contributed by atoms with Gasteiger partial charge in [0.2, 0.25) is 5.79 Å². The van der Waals surface area contributed by atoms with Crippen LogP contribution in [0.25, 0.3) is 0 Å². The Bertz CT molecular complexity index is 498. The number of amides is 3. The van der Waals surface area contributed by atoms with E-state index in [-0.39, 0.29) is 0 Å². The zero-order chi connectivity index (χ0) is 19.2. The lowest BCUT2D eigenvalue weighted by Gasteiger charge is -2.31. The van der Waals surface area contributed by atoms with Gasteiger partial charge in [0.05, 0.1) is 11.5 Å². The summed E-state index contributed by atoms with van der Waals surface area (Å²) in [6, 6.07) is 0. The monoisotopic (exact) mass is 408 g/mol. The van der Waals surface area contributed by atoms with Gasteiger partial charge in [-0.3, -0.25) is 19.7 Å². The van der Waals surface area contributed by atoms with Crippen LogP contribution in [-0.2, 0) is 14.4 Å². The average Bonchev–Trinajstić information content (AvgIpc) is 2.59. The topological polar surface area (TPSA) is 99.3 Å². The highest BCUT2D eigenvalue weighted by molar-refractivity contribution is 7.80. The van der Waals surface area contributed by atoms with E-state index in [2.05, 4.69) is 37.9 Å². The van der Waals surface area contributed by atoms with Crippen molar-refractivity contribution in [2.45, 2.75) is 17.4 Å². The molecule has 0 aliphatic carbocycles. The third kappa shape index (κ3) is 5.10. The molecule has 0 spiro atoms. The molecular weight excluding hydrogens is 389 g/mol. The van der Waals surface area contributed by atoms with E-state index in [0.29, 0.717) is 0 Å². The van der Waals surface area contributed by atoms with Crippen molar-refractivity contribution in [3.05, 3.63) is 0 Å². The van der Waals surface area contributed by atoms with Crippen molar-refractivity contribution in [1.82, 2.24) is 21.3 Å². The molecule has 4 N–H and O–H groups in total. The molecule has 7 nitrogen and oxygen atoms in total. The van der Waals surface area contributed by atoms with Crippen LogP contribution >= 0.6 is 37.9 Å². The SMILES string of the molecule is CNC(=O)[C@@](F)(CS)NC(=O)C(F)(CS)NC(=O)[C@@](F)(CS)NC. The van der Waals surface area contributed by atoms with Crippen molar-refractivity contribution in [3.8, 4) is 0 Å². The number of hydrogen-bond acceptors (Lipinski definition) is 7. The van der Waals surface area contributed by atoms with Crippen LogP contribution in [-0.4, -0.2) is 66.5 Å². The molecule has 0 aromatic rings. The molecule has 0 fully saturated rings. The van der Waals surface area contributed by atoms with Crippen molar-refractivity contribution in [1.29, 1.82) is 0 Å². The molecule has 0 aliphatic heterocycles. The molecule has 0 aromatic heterocycles. The Hall–Kier alpha value is -0.790. The minimum Gasteiger partial charge on any atom is -0.355 e. The maximum atomic E-state index is 14.6. The lowest BCUT2D eigenvalue weighted by molar-refractivity contribution is -0.150. The molecule has 3 amide bonds. The summed E-state index contributed by atoms with van der Waals surface area (Å²) in [5, 5.41) is 6.87. The molecule has 140 valence electrons. The molecule has 0 radical (unpaired) electrons. The Morgan fingerprint density at radius 1 is 0.750 bits per heavy atom. The molecule has 0 saturated carbocycles. The van der Waals surface area contributed by atoms with Crippen LogP contribution in [0.15, 0.2) is 0 Å². The second kappa shape index (κ2) is 9.06. The number of hydrogen-bond donors (Lipinski definition) is 7. The highest BCUT2D eigenvalue weighted by atomic mass is 32.1. The van der Waals surface area contributed by atoms with Crippen LogP contribution in [0.2, 0.25) is 0 Å². The summed E-state index contributed by atoms with van der Waals surface area (Å²) in [6.45, 7) is 0. The van der Waals surface area contributed by atoms with Crippen LogP contribution in [0.3, 0.4) is 0 Å². The lowest BCUT2D eigenvalue weighted by Crippen LogP contribution is -2.67. The number of carbonyl (C=O) groups is 3. The molecular formula is C11H19F3N4O3S3. The van der Waals surface area contributed by atoms with E-state index in [9.17, 15) is 27.6 Å². The fourth-order valence-corrected chi connectivity index (χ4v) is 2.10. The maximum Gasteiger partial charge on any atom is 0.282 e. The summed E-state index contributed by atoms with van der Waals surface area (Å²) in [5.41, 5.74) is 0. The fraction of sp³-hybridized carbons (Fsp3) is 0.727. The first-order valence-corrected chi connectivity index (χ1v) is 8.34. The number of nitrogens with one attached hydrogen (secondary N) is 4. The minimum atomic E-state index is -3.29. The van der Waals surface area contributed by atoms with E-state index in [1.165, 1.54) is 10.6 Å². The van der Waals surface area contributed by atoms with Gasteiger partial charge < -0.3 is 16.0 Å². The molecule has 0 aliphatic rings. The van der Waals surface area contributed by atoms with Crippen molar-refractivity contribution in [2.24, 2.45) is 0 Å². The zero-order valence-corrected chi connectivity index (χ0v) is 15.5. The number of halogens is 3. The second-order valence-corrected chi connectivity index (χ2v) is 5.56. The fourth-order valence-electron chi connectivity index (χ4n) is 1.36. The van der Waals surface area contributed by atoms with Gasteiger partial charge in [0.15, 0.2) is 0 Å². The number of rotatable bonds is 9. The summed E-state index contributed by atoms with van der Waals surface area (Å²) in [7, 11) is 2.17. The molecule has 1 unspecified atom stereocenters. The first-order chi connectivity index (χ1) is 11.0. The highest BCUT2D eigenvalue weighted by Crippen LogP contribution is 2.18. The molecule has 0 saturated heterocycles. The van der Waals surface area contributed by atoms with E-state index in [1.807, 2.05) is 10.6 Å². The number of likely N-dealkylation sites (N-methyl/N-ethyl adjacent to an activating group) is 2. The largest absolute Gasteiger partial charge is 0.355 e. The summed E-state index contributed by atoms with van der Waals surface area (Å²) in [4.78, 5) is 35.2. The zero-order valence-electron chi connectivity index (χ0n) is 12.8. The average molecular weight is 408 g/mol. The Labute approximate surface area is 153 Å². The van der Waals surface area contributed by atoms with E-state index >= 15 is 0 Å². The highest BCUT2D eigenvalue weighted by Gasteiger charge is 2.49. The van der Waals surface area contributed by atoms with Crippen molar-refractivity contribution in [2.75, 3.05) is 31.4 Å². The van der Waals surface area contributed by atoms with Gasteiger partial charge in [-0.1, -0.05) is 0 Å². The third-order valence-corrected chi connectivity index (χ3v) is 4.29. The molecule has 0 bridgehead atoms. The van der Waals surface area contributed by atoms with Crippen molar-refractivity contribution in [3.63, 3.8) is 0 Å². The molecule has 0 heterocycles. The van der Waals surface area contributed by atoms with Crippen LogP contribution in [0.1, 0.15) is 0 Å². The van der Waals surface area contributed by atoms with Crippen molar-refractivity contribution >= 4 is 55.6 Å². The minimum absolute atomic E-state index is 0.665. The lowest BCUT2D eigenvalue weighted by atomic mass is 10.1. The number of thiol groups is 3. The summed E-state index contributed by atoms with van der Waals surface area (Å²) in [6.07, 6.45) is 0. The standard InChI is InChI=1S/C11H19F3N4O3S3/c1-15-6(19)10(13,4-23)18-8(21)11(14,5-24)17-7(20)9(12,3-22)16-2/h16,22-24H,3-5H2,1-2H3,(H,15,19)(H,17,20)(H,18,21)/t9-,10-,11?/m1/s1. The van der Waals surface area contributed by atoms with Crippen molar-refractivity contribution < 1.29 is 27.6 Å². The molecule has 13 heteroatoms. The van der Waals surface area contributed by atoms with Crippen LogP contribution in [0.5, 0.6) is 0 Å². The van der Waals surface area contributed by atoms with Gasteiger partial charge in [0, 0.05) is 12.8 Å². The molecule has 0 rings (SSSR count). The quantitative estimate of drug-likeness (QED) is 0.196. The van der Waals surface area contributed by atoms with E-state index in [1.54, 1.807) is 0 Å². The van der Waals surface area contributed by atoms with Crippen LogP contribution in [0, 0.1) is 0 Å². The van der Waals surface area contributed by atoms with Gasteiger partial charge in [0.25, 0.3) is 29.3 Å². The summed E-state index contributed by atoms with van der Waals surface area (Å²) in [5.74, 6) is -16.1. The van der Waals surface area contributed by atoms with Gasteiger partial charge >= 0.3 is 0 Å². The Morgan fingerprint density at radius 2 is 1.08 bits per heavy atom. The summed E-state index contributed by atoms with van der Waals surface area (Å²) >= 11 is 10.8. The van der Waals surface area contributed by atoms with Gasteiger partial charge in [0.1, 0.15) is 0 Å². The Balaban J connectivity index is 5.39. The Kier molecular flexibility index (Phi) is 8.76. The maximum absolute atomic E-state index is 14.6. The third-order valence-electron chi connectivity index (χ3n) is 2.98. The van der Waals surface area contributed by atoms with Crippen LogP contribution in [0.4, 0.5) is 13.2 Å². The normalized spacial score (nSPS) is 18.5. The number of alkyl halides is 3. The van der Waals surface area contributed by atoms with E-state index in [0.717, 1.165) is 14.1 Å². The van der Waals surface area contributed by atoms with E-state index < -0.39 is 52.4 Å². The first kappa shape index (κ1) is 23.2. The Morgan fingerprint density at radius 3 is 1.38 bits per heavy atom. The molecule has 24 heavy (non-hydrogen) atoms. The van der Waals surface area contributed by atoms with Crippen LogP contribution < -0.4 is 21.3 Å². The van der Waals surface area contributed by atoms with Gasteiger partial charge in [-0.25, -0.2) is 13.2 Å². The first-order valence-electron chi connectivity index (χ1n) is 6.44. The van der Waals surface area contributed by atoms with Gasteiger partial charge in [-0.05, 0) is 7.05 Å². The summed E-state index contributed by atoms with van der Waals surface area (Å²) < 4.78 is 43.0. The molecule has 3 atom stereocenters. The number of carbonyl (C=O) groups excluding carboxylic acids is 3. The van der Waals surface area contributed by atoms with Gasteiger partial charge in [-0.2, -0.15) is 37.9 Å². The smallest absolute Gasteiger partial charge is 0.282 e. The van der Waals surface area contributed by atoms with Gasteiger partial charge in [-0.15, -0.1) is 0 Å². The predicted octanol–water partition coefficient (Wildman–Crippen LogP) is -1.03. The molecule has 0 aromatic carbocycles. The van der Waals surface area contributed by atoms with E-state index in [4.69, 9.17) is 0 Å². The predicted molar refractivity (Wildman–Crippen MR) is 92.5 cm³/mol.